The van der Waals surface area contributed by atoms with Crippen molar-refractivity contribution in [3.63, 3.8) is 0 Å². The number of hydrogen-bond acceptors (Lipinski definition) is 3. The van der Waals surface area contributed by atoms with Crippen LogP contribution in [-0.2, 0) is 9.05 Å². The highest BCUT2D eigenvalue weighted by Crippen LogP contribution is 2.32. The smallest absolute Gasteiger partial charge is 0.265 e. The minimum Gasteiger partial charge on any atom is -0.352 e. The third kappa shape index (κ3) is 3.29. The molecule has 4 nitrogen and oxygen atoms in total. The maximum absolute atomic E-state index is 14.1. The van der Waals surface area contributed by atoms with Gasteiger partial charge in [0, 0.05) is 21.7 Å². The van der Waals surface area contributed by atoms with Gasteiger partial charge in [-0.2, -0.15) is 0 Å². The molecule has 0 aromatic heterocycles. The van der Waals surface area contributed by atoms with Gasteiger partial charge in [-0.15, -0.1) is 0 Å². The van der Waals surface area contributed by atoms with Crippen molar-refractivity contribution in [1.29, 1.82) is 0 Å². The normalized spacial score (nSPS) is 15.2. The van der Waals surface area contributed by atoms with Crippen LogP contribution in [0.1, 0.15) is 23.2 Å². The molecule has 110 valence electrons. The van der Waals surface area contributed by atoms with E-state index in [2.05, 4.69) is 21.2 Å². The number of hydrogen-bond donors (Lipinski definition) is 1. The largest absolute Gasteiger partial charge is 0.352 e. The molecule has 0 bridgehead atoms. The van der Waals surface area contributed by atoms with Crippen molar-refractivity contribution in [2.75, 3.05) is 6.54 Å². The van der Waals surface area contributed by atoms with E-state index >= 15 is 0 Å². The van der Waals surface area contributed by atoms with E-state index in [4.69, 9.17) is 10.7 Å². The van der Waals surface area contributed by atoms with Crippen molar-refractivity contribution in [3.8, 4) is 0 Å². The summed E-state index contributed by atoms with van der Waals surface area (Å²) in [5.74, 6) is -3.34. The van der Waals surface area contributed by atoms with E-state index in [1.807, 2.05) is 0 Å². The van der Waals surface area contributed by atoms with Crippen LogP contribution in [0.2, 0.25) is 0 Å². The molecule has 1 aromatic rings. The van der Waals surface area contributed by atoms with Crippen molar-refractivity contribution >= 4 is 41.6 Å². The number of benzene rings is 1. The number of rotatable bonds is 4. The Morgan fingerprint density at radius 1 is 1.45 bits per heavy atom. The first-order valence-electron chi connectivity index (χ1n) is 5.62. The number of carbonyl (C=O) groups excluding carboxylic acids is 1. The van der Waals surface area contributed by atoms with Crippen molar-refractivity contribution < 1.29 is 22.0 Å². The Morgan fingerprint density at radius 3 is 2.55 bits per heavy atom. The van der Waals surface area contributed by atoms with Crippen LogP contribution in [0.3, 0.4) is 0 Å². The first kappa shape index (κ1) is 15.7. The molecule has 1 aromatic carbocycles. The summed E-state index contributed by atoms with van der Waals surface area (Å²) in [7, 11) is 0.631. The molecule has 0 saturated heterocycles. The number of amides is 1. The van der Waals surface area contributed by atoms with Crippen LogP contribution in [0.25, 0.3) is 0 Å². The second-order valence-electron chi connectivity index (χ2n) is 4.45. The van der Waals surface area contributed by atoms with E-state index in [9.17, 15) is 22.0 Å². The van der Waals surface area contributed by atoms with E-state index in [0.717, 1.165) is 12.8 Å². The average molecular weight is 389 g/mol. The van der Waals surface area contributed by atoms with Gasteiger partial charge in [0.05, 0.1) is 0 Å². The molecule has 20 heavy (non-hydrogen) atoms. The monoisotopic (exact) mass is 387 g/mol. The summed E-state index contributed by atoms with van der Waals surface area (Å²) in [6, 6.07) is 0.699. The highest BCUT2D eigenvalue weighted by atomic mass is 79.9. The van der Waals surface area contributed by atoms with E-state index in [0.29, 0.717) is 18.5 Å². The zero-order chi connectivity index (χ0) is 15.1. The lowest BCUT2D eigenvalue weighted by atomic mass is 10.2. The van der Waals surface area contributed by atoms with Crippen molar-refractivity contribution in [1.82, 2.24) is 5.32 Å². The van der Waals surface area contributed by atoms with E-state index in [-0.39, 0.29) is 4.47 Å². The zero-order valence-electron chi connectivity index (χ0n) is 9.92. The van der Waals surface area contributed by atoms with Gasteiger partial charge < -0.3 is 5.32 Å². The maximum atomic E-state index is 14.1. The summed E-state index contributed by atoms with van der Waals surface area (Å²) in [4.78, 5) is 10.8. The van der Waals surface area contributed by atoms with E-state index in [1.165, 1.54) is 0 Å². The molecular formula is C11H9BrClF2NO3S. The quantitative estimate of drug-likeness (QED) is 0.807. The summed E-state index contributed by atoms with van der Waals surface area (Å²) >= 11 is 2.71. The standard InChI is InChI=1S/C11H9BrClF2NO3S/c12-6-3-7(14)8(9(15)10(6)20(13,18)19)11(17)16-4-5-1-2-5/h3,5H,1-2,4H2,(H,16,17). The highest BCUT2D eigenvalue weighted by Gasteiger charge is 2.30. The van der Waals surface area contributed by atoms with Gasteiger partial charge in [-0.1, -0.05) is 0 Å². The maximum Gasteiger partial charge on any atom is 0.265 e. The number of nitrogens with one attached hydrogen (secondary N) is 1. The van der Waals surface area contributed by atoms with Crippen LogP contribution >= 0.6 is 26.6 Å². The molecular weight excluding hydrogens is 380 g/mol. The molecule has 0 spiro atoms. The Balaban J connectivity index is 2.43. The molecule has 1 saturated carbocycles. The third-order valence-electron chi connectivity index (χ3n) is 2.85. The minimum atomic E-state index is -4.45. The third-order valence-corrected chi connectivity index (χ3v) is 5.08. The lowest BCUT2D eigenvalue weighted by molar-refractivity contribution is 0.0942. The Kier molecular flexibility index (Phi) is 4.36. The van der Waals surface area contributed by atoms with Gasteiger partial charge in [-0.3, -0.25) is 4.79 Å². The first-order chi connectivity index (χ1) is 9.21. The molecule has 0 radical (unpaired) electrons. The predicted octanol–water partition coefficient (Wildman–Crippen LogP) is 2.79. The fourth-order valence-corrected chi connectivity index (χ4v) is 4.01. The Hall–Kier alpha value is -0.730. The topological polar surface area (TPSA) is 63.2 Å². The summed E-state index contributed by atoms with van der Waals surface area (Å²) in [6.07, 6.45) is 1.90. The lowest BCUT2D eigenvalue weighted by Crippen LogP contribution is -2.28. The molecule has 2 rings (SSSR count). The molecule has 1 fully saturated rings. The molecule has 9 heteroatoms. The number of halogens is 4. The predicted molar refractivity (Wildman–Crippen MR) is 72.2 cm³/mol. The lowest BCUT2D eigenvalue weighted by Gasteiger charge is -2.10. The number of carbonyl (C=O) groups is 1. The first-order valence-corrected chi connectivity index (χ1v) is 8.72. The molecule has 1 aliphatic carbocycles. The van der Waals surface area contributed by atoms with Crippen molar-refractivity contribution in [2.24, 2.45) is 5.92 Å². The van der Waals surface area contributed by atoms with Crippen LogP contribution in [-0.4, -0.2) is 20.9 Å². The van der Waals surface area contributed by atoms with Gasteiger partial charge >= 0.3 is 0 Å². The SMILES string of the molecule is O=C(NCC1CC1)c1c(F)cc(Br)c(S(=O)(=O)Cl)c1F. The molecule has 0 atom stereocenters. The Bertz CT molecular complexity index is 677. The fraction of sp³-hybridized carbons (Fsp3) is 0.364. The Labute approximate surface area is 127 Å². The minimum absolute atomic E-state index is 0.302. The van der Waals surface area contributed by atoms with Crippen LogP contribution < -0.4 is 5.32 Å². The van der Waals surface area contributed by atoms with Crippen molar-refractivity contribution in [2.45, 2.75) is 17.7 Å². The summed E-state index contributed by atoms with van der Waals surface area (Å²) in [6.45, 7) is 0.302. The van der Waals surface area contributed by atoms with Gasteiger partial charge in [0.1, 0.15) is 16.3 Å². The van der Waals surface area contributed by atoms with Gasteiger partial charge in [0.25, 0.3) is 15.0 Å². The van der Waals surface area contributed by atoms with Gasteiger partial charge in [0.15, 0.2) is 5.82 Å². The second kappa shape index (κ2) is 5.57. The molecule has 1 N–H and O–H groups in total. The molecule has 1 amide bonds. The van der Waals surface area contributed by atoms with Gasteiger partial charge in [0.2, 0.25) is 0 Å². The second-order valence-corrected chi connectivity index (χ2v) is 7.81. The fourth-order valence-electron chi connectivity index (χ4n) is 1.65. The average Bonchev–Trinajstić information content (AvgIpc) is 3.06. The van der Waals surface area contributed by atoms with Crippen molar-refractivity contribution in [3.05, 3.63) is 27.7 Å². The molecule has 0 heterocycles. The van der Waals surface area contributed by atoms with E-state index < -0.39 is 37.1 Å². The van der Waals surface area contributed by atoms with Crippen LogP contribution in [0.5, 0.6) is 0 Å². The molecule has 1 aliphatic rings. The molecule has 0 unspecified atom stereocenters. The zero-order valence-corrected chi connectivity index (χ0v) is 13.1. The van der Waals surface area contributed by atoms with E-state index in [1.54, 1.807) is 0 Å². The Morgan fingerprint density at radius 2 is 2.05 bits per heavy atom. The summed E-state index contributed by atoms with van der Waals surface area (Å²) < 4.78 is 50.0. The van der Waals surface area contributed by atoms with Gasteiger partial charge in [-0.05, 0) is 40.8 Å². The highest BCUT2D eigenvalue weighted by molar-refractivity contribution is 9.10. The summed E-state index contributed by atoms with van der Waals surface area (Å²) in [5, 5.41) is 2.37. The van der Waals surface area contributed by atoms with Crippen LogP contribution in [0.15, 0.2) is 15.4 Å². The summed E-state index contributed by atoms with van der Waals surface area (Å²) in [5.41, 5.74) is -0.951. The van der Waals surface area contributed by atoms with Gasteiger partial charge in [-0.25, -0.2) is 17.2 Å². The van der Waals surface area contributed by atoms with Crippen LogP contribution in [0, 0.1) is 17.6 Å². The van der Waals surface area contributed by atoms with Crippen LogP contribution in [0.4, 0.5) is 8.78 Å². The molecule has 0 aliphatic heterocycles.